The summed E-state index contributed by atoms with van der Waals surface area (Å²) in [7, 11) is -3.31. The number of aromatic nitrogens is 4. The minimum absolute atomic E-state index is 0.630. The third-order valence-electron chi connectivity index (χ3n) is 4.91. The van der Waals surface area contributed by atoms with Crippen LogP contribution in [-0.4, -0.2) is 29.3 Å². The first-order valence-corrected chi connectivity index (χ1v) is 10.8. The van der Waals surface area contributed by atoms with Gasteiger partial charge in [0.1, 0.15) is 11.4 Å². The molecule has 0 fully saturated rings. The van der Waals surface area contributed by atoms with Crippen LogP contribution in [0.15, 0.2) is 85.5 Å². The van der Waals surface area contributed by atoms with Crippen molar-refractivity contribution in [1.82, 2.24) is 20.4 Å². The van der Waals surface area contributed by atoms with Crippen LogP contribution in [0.3, 0.4) is 0 Å². The predicted molar refractivity (Wildman–Crippen MR) is 108 cm³/mol. The number of hydrogen-bond donors (Lipinski definition) is 0. The van der Waals surface area contributed by atoms with Gasteiger partial charge in [-0.15, -0.1) is 0 Å². The summed E-state index contributed by atoms with van der Waals surface area (Å²) in [6, 6.07) is 20.0. The van der Waals surface area contributed by atoms with Crippen molar-refractivity contribution in [3.63, 3.8) is 0 Å². The van der Waals surface area contributed by atoms with Crippen molar-refractivity contribution in [3.8, 4) is 11.5 Å². The van der Waals surface area contributed by atoms with Crippen LogP contribution in [0.4, 0.5) is 22.7 Å². The van der Waals surface area contributed by atoms with Crippen LogP contribution in [0, 0.1) is 0 Å². The molecule has 0 bridgehead atoms. The van der Waals surface area contributed by atoms with Gasteiger partial charge in [0.2, 0.25) is 0 Å². The zero-order chi connectivity index (χ0) is 19.3. The Kier molecular flexibility index (Phi) is 3.32. The smallest absolute Gasteiger partial charge is 0.477 e. The number of fused-ring (bicyclic) bond motifs is 2. The number of rotatable bonds is 2. The number of nitrogens with zero attached hydrogens (tertiary/aromatic N) is 6. The van der Waals surface area contributed by atoms with E-state index in [0.717, 1.165) is 22.7 Å². The molecule has 140 valence electrons. The van der Waals surface area contributed by atoms with E-state index in [-0.39, 0.29) is 0 Å². The molecule has 2 aromatic heterocycles. The summed E-state index contributed by atoms with van der Waals surface area (Å²) in [4.78, 5) is 0. The number of anilines is 4. The van der Waals surface area contributed by atoms with Crippen LogP contribution in [0.5, 0.6) is 11.5 Å². The molecule has 4 heterocycles. The SMILES string of the molecule is c1ccc(N2c3cnncc3O[Si]23Oc2cnncc2N3c2ccccc2)cc1. The summed E-state index contributed by atoms with van der Waals surface area (Å²) in [6.45, 7) is 0. The summed E-state index contributed by atoms with van der Waals surface area (Å²) >= 11 is 0. The molecule has 4 aromatic rings. The molecule has 9 heteroatoms. The minimum Gasteiger partial charge on any atom is -0.477 e. The van der Waals surface area contributed by atoms with E-state index in [4.69, 9.17) is 8.85 Å². The molecule has 0 amide bonds. The molecule has 6 rings (SSSR count). The summed E-state index contributed by atoms with van der Waals surface area (Å²) in [6.07, 6.45) is 6.66. The van der Waals surface area contributed by atoms with Crippen molar-refractivity contribution >= 4 is 31.6 Å². The average molecular weight is 398 g/mol. The van der Waals surface area contributed by atoms with Gasteiger partial charge >= 0.3 is 8.88 Å². The van der Waals surface area contributed by atoms with Gasteiger partial charge in [0.05, 0.1) is 24.8 Å². The number of para-hydroxylation sites is 2. The van der Waals surface area contributed by atoms with E-state index in [2.05, 4.69) is 29.5 Å². The van der Waals surface area contributed by atoms with Gasteiger partial charge in [-0.1, -0.05) is 36.4 Å². The quantitative estimate of drug-likeness (QED) is 0.475. The van der Waals surface area contributed by atoms with Gasteiger partial charge in [-0.2, -0.15) is 20.4 Å². The molecular formula is C20H14N6O2Si. The van der Waals surface area contributed by atoms with Crippen LogP contribution in [0.2, 0.25) is 0 Å². The van der Waals surface area contributed by atoms with Crippen LogP contribution in [0.25, 0.3) is 0 Å². The van der Waals surface area contributed by atoms with Gasteiger partial charge in [-0.25, -0.2) is 0 Å². The predicted octanol–water partition coefficient (Wildman–Crippen LogP) is 3.46. The Bertz CT molecular complexity index is 1100. The molecule has 0 atom stereocenters. The Labute approximate surface area is 167 Å². The van der Waals surface area contributed by atoms with Crippen molar-refractivity contribution in [1.29, 1.82) is 0 Å². The normalized spacial score (nSPS) is 15.6. The molecule has 1 spiro atoms. The van der Waals surface area contributed by atoms with E-state index >= 15 is 0 Å². The second-order valence-electron chi connectivity index (χ2n) is 6.57. The zero-order valence-electron chi connectivity index (χ0n) is 15.1. The standard InChI is InChI=1S/C20H14N6O2Si/c1-3-7-15(8-4-1)25-17-11-21-23-13-19(17)27-29(25)26(16-9-5-2-6-10-16)18-12-22-24-14-20(18)28-29/h1-14H. The van der Waals surface area contributed by atoms with Crippen LogP contribution < -0.4 is 18.0 Å². The van der Waals surface area contributed by atoms with Crippen molar-refractivity contribution in [2.24, 2.45) is 0 Å². The Morgan fingerprint density at radius 2 is 0.966 bits per heavy atom. The minimum atomic E-state index is -3.31. The van der Waals surface area contributed by atoms with Crippen molar-refractivity contribution in [3.05, 3.63) is 85.5 Å². The Morgan fingerprint density at radius 3 is 1.41 bits per heavy atom. The fourth-order valence-corrected chi connectivity index (χ4v) is 7.14. The Morgan fingerprint density at radius 1 is 0.552 bits per heavy atom. The molecule has 0 radical (unpaired) electrons. The highest BCUT2D eigenvalue weighted by Gasteiger charge is 2.68. The van der Waals surface area contributed by atoms with E-state index in [1.165, 1.54) is 0 Å². The van der Waals surface area contributed by atoms with Crippen LogP contribution in [-0.2, 0) is 0 Å². The van der Waals surface area contributed by atoms with Gasteiger partial charge in [-0.05, 0) is 24.3 Å². The summed E-state index contributed by atoms with van der Waals surface area (Å²) in [5, 5.41) is 16.2. The molecule has 8 nitrogen and oxygen atoms in total. The maximum atomic E-state index is 6.58. The lowest BCUT2D eigenvalue weighted by Crippen LogP contribution is -2.67. The Balaban J connectivity index is 1.63. The molecule has 2 aromatic carbocycles. The lowest BCUT2D eigenvalue weighted by molar-refractivity contribution is 0.411. The van der Waals surface area contributed by atoms with E-state index in [0.29, 0.717) is 11.5 Å². The first-order chi connectivity index (χ1) is 14.4. The maximum Gasteiger partial charge on any atom is 0.734 e. The van der Waals surface area contributed by atoms with Crippen molar-refractivity contribution < 1.29 is 8.85 Å². The highest BCUT2D eigenvalue weighted by atomic mass is 28.4. The first-order valence-electron chi connectivity index (χ1n) is 9.07. The monoisotopic (exact) mass is 398 g/mol. The van der Waals surface area contributed by atoms with Crippen molar-refractivity contribution in [2.75, 3.05) is 9.13 Å². The van der Waals surface area contributed by atoms with Gasteiger partial charge in [0.15, 0.2) is 11.5 Å². The van der Waals surface area contributed by atoms with Gasteiger partial charge in [-0.3, -0.25) is 9.13 Å². The molecule has 0 saturated carbocycles. The molecule has 0 unspecified atom stereocenters. The van der Waals surface area contributed by atoms with Crippen LogP contribution in [0.1, 0.15) is 0 Å². The topological polar surface area (TPSA) is 76.5 Å². The van der Waals surface area contributed by atoms with E-state index in [1.807, 2.05) is 60.7 Å². The summed E-state index contributed by atoms with van der Waals surface area (Å²) < 4.78 is 17.4. The fourth-order valence-electron chi connectivity index (χ4n) is 3.75. The fraction of sp³-hybridized carbons (Fsp3) is 0. The molecule has 0 aliphatic carbocycles. The second kappa shape index (κ2) is 6.01. The summed E-state index contributed by atoms with van der Waals surface area (Å²) in [5.74, 6) is 1.26. The third kappa shape index (κ3) is 2.24. The molecule has 29 heavy (non-hydrogen) atoms. The molecule has 2 aliphatic rings. The molecule has 0 saturated heterocycles. The highest BCUT2D eigenvalue weighted by Crippen LogP contribution is 2.53. The summed E-state index contributed by atoms with van der Waals surface area (Å²) in [5.41, 5.74) is 3.51. The second-order valence-corrected chi connectivity index (χ2v) is 8.97. The first kappa shape index (κ1) is 16.0. The largest absolute Gasteiger partial charge is 0.734 e. The van der Waals surface area contributed by atoms with E-state index in [9.17, 15) is 0 Å². The van der Waals surface area contributed by atoms with Gasteiger partial charge in [0, 0.05) is 11.4 Å². The average Bonchev–Trinajstić information content (AvgIpc) is 3.28. The molecule has 2 aliphatic heterocycles. The van der Waals surface area contributed by atoms with E-state index in [1.54, 1.807) is 24.8 Å². The zero-order valence-corrected chi connectivity index (χ0v) is 16.1. The Hall–Kier alpha value is -3.98. The molecule has 0 N–H and O–H groups in total. The van der Waals surface area contributed by atoms with Crippen LogP contribution >= 0.6 is 0 Å². The van der Waals surface area contributed by atoms with E-state index < -0.39 is 8.88 Å². The highest BCUT2D eigenvalue weighted by molar-refractivity contribution is 6.81. The number of hydrogen-bond acceptors (Lipinski definition) is 8. The molecular weight excluding hydrogens is 384 g/mol. The maximum absolute atomic E-state index is 6.58. The lowest BCUT2D eigenvalue weighted by Gasteiger charge is -2.35. The third-order valence-corrected chi connectivity index (χ3v) is 8.01. The van der Waals surface area contributed by atoms with Gasteiger partial charge in [0.25, 0.3) is 0 Å². The van der Waals surface area contributed by atoms with Crippen molar-refractivity contribution in [2.45, 2.75) is 0 Å². The van der Waals surface area contributed by atoms with Gasteiger partial charge < -0.3 is 8.85 Å². The lowest BCUT2D eigenvalue weighted by atomic mass is 10.3. The number of benzene rings is 2.